The Morgan fingerprint density at radius 1 is 0.941 bits per heavy atom. The van der Waals surface area contributed by atoms with Crippen molar-refractivity contribution in [1.82, 2.24) is 0 Å². The van der Waals surface area contributed by atoms with E-state index in [4.69, 9.17) is 4.74 Å². The van der Waals surface area contributed by atoms with Gasteiger partial charge in [0, 0.05) is 48.8 Å². The monoisotopic (exact) mass is 458 g/mol. The maximum atomic E-state index is 12.6. The third-order valence-corrected chi connectivity index (χ3v) is 5.39. The van der Waals surface area contributed by atoms with Crippen LogP contribution in [0.2, 0.25) is 0 Å². The van der Waals surface area contributed by atoms with E-state index < -0.39 is 0 Å². The molecule has 1 aliphatic heterocycles. The molecule has 1 heterocycles. The van der Waals surface area contributed by atoms with Crippen molar-refractivity contribution in [3.8, 4) is 5.75 Å². The Labute approximate surface area is 197 Å². The van der Waals surface area contributed by atoms with Crippen molar-refractivity contribution in [3.63, 3.8) is 0 Å². The Hall–Kier alpha value is -4.33. The van der Waals surface area contributed by atoms with Gasteiger partial charge < -0.3 is 25.6 Å². The summed E-state index contributed by atoms with van der Waals surface area (Å²) in [4.78, 5) is 38.4. The van der Waals surface area contributed by atoms with Crippen molar-refractivity contribution >= 4 is 40.5 Å². The molecule has 0 saturated carbocycles. The predicted octanol–water partition coefficient (Wildman–Crippen LogP) is 3.91. The van der Waals surface area contributed by atoms with Crippen LogP contribution >= 0.6 is 0 Å². The van der Waals surface area contributed by atoms with Crippen molar-refractivity contribution in [2.45, 2.75) is 12.8 Å². The minimum absolute atomic E-state index is 0.00111. The van der Waals surface area contributed by atoms with Crippen LogP contribution in [0.25, 0.3) is 0 Å². The lowest BCUT2D eigenvalue weighted by atomic mass is 10.0. The van der Waals surface area contributed by atoms with Gasteiger partial charge in [0.05, 0.1) is 0 Å². The van der Waals surface area contributed by atoms with Gasteiger partial charge in [-0.3, -0.25) is 14.4 Å². The molecule has 0 saturated heterocycles. The highest BCUT2D eigenvalue weighted by Crippen LogP contribution is 2.27. The van der Waals surface area contributed by atoms with E-state index in [-0.39, 0.29) is 24.3 Å². The number of carbonyl (C=O) groups excluding carboxylic acids is 3. The van der Waals surface area contributed by atoms with Gasteiger partial charge in [-0.25, -0.2) is 0 Å². The first-order valence-corrected chi connectivity index (χ1v) is 10.9. The van der Waals surface area contributed by atoms with E-state index in [1.54, 1.807) is 48.5 Å². The van der Waals surface area contributed by atoms with Crippen LogP contribution in [0.1, 0.15) is 22.3 Å². The van der Waals surface area contributed by atoms with Crippen LogP contribution in [0.15, 0.2) is 66.7 Å². The molecule has 3 aromatic rings. The molecule has 0 radical (unpaired) electrons. The normalized spacial score (nSPS) is 12.2. The SMILES string of the molecule is CN(C)c1ccc(C(=O)Nc2cccc(NC(=O)COc3ccc4c(c3)CCC(=O)N4)c2)cc1. The van der Waals surface area contributed by atoms with Gasteiger partial charge in [-0.15, -0.1) is 0 Å². The lowest BCUT2D eigenvalue weighted by Crippen LogP contribution is -2.21. The summed E-state index contributed by atoms with van der Waals surface area (Å²) in [6.07, 6.45) is 1.08. The number of anilines is 4. The lowest BCUT2D eigenvalue weighted by Gasteiger charge is -2.17. The highest BCUT2D eigenvalue weighted by molar-refractivity contribution is 6.05. The molecule has 3 aromatic carbocycles. The number of nitrogens with zero attached hydrogens (tertiary/aromatic N) is 1. The molecule has 0 atom stereocenters. The van der Waals surface area contributed by atoms with E-state index in [1.165, 1.54) is 0 Å². The first kappa shape index (κ1) is 22.8. The molecule has 8 nitrogen and oxygen atoms in total. The van der Waals surface area contributed by atoms with E-state index in [2.05, 4.69) is 16.0 Å². The zero-order chi connectivity index (χ0) is 24.1. The maximum Gasteiger partial charge on any atom is 0.262 e. The number of ether oxygens (including phenoxy) is 1. The van der Waals surface area contributed by atoms with E-state index >= 15 is 0 Å². The van der Waals surface area contributed by atoms with E-state index in [9.17, 15) is 14.4 Å². The number of hydrogen-bond donors (Lipinski definition) is 3. The van der Waals surface area contributed by atoms with Gasteiger partial charge in [0.25, 0.3) is 11.8 Å². The van der Waals surface area contributed by atoms with Gasteiger partial charge in [0.15, 0.2) is 6.61 Å². The number of benzene rings is 3. The average molecular weight is 459 g/mol. The molecule has 0 fully saturated rings. The number of rotatable bonds is 7. The fourth-order valence-electron chi connectivity index (χ4n) is 3.58. The summed E-state index contributed by atoms with van der Waals surface area (Å²) < 4.78 is 5.61. The molecule has 34 heavy (non-hydrogen) atoms. The molecule has 0 aromatic heterocycles. The smallest absolute Gasteiger partial charge is 0.262 e. The minimum atomic E-state index is -0.325. The van der Waals surface area contributed by atoms with Crippen LogP contribution in [0.4, 0.5) is 22.7 Å². The molecule has 0 unspecified atom stereocenters. The van der Waals surface area contributed by atoms with Crippen LogP contribution in [0.5, 0.6) is 5.75 Å². The lowest BCUT2D eigenvalue weighted by molar-refractivity contribution is -0.118. The molecular formula is C26H26N4O4. The summed E-state index contributed by atoms with van der Waals surface area (Å²) in [5.74, 6) is 0.00189. The first-order valence-electron chi connectivity index (χ1n) is 10.9. The fourth-order valence-corrected chi connectivity index (χ4v) is 3.58. The average Bonchev–Trinajstić information content (AvgIpc) is 2.83. The van der Waals surface area contributed by atoms with Crippen molar-refractivity contribution in [2.24, 2.45) is 0 Å². The Kier molecular flexibility index (Phi) is 6.77. The molecule has 8 heteroatoms. The zero-order valence-electron chi connectivity index (χ0n) is 19.1. The summed E-state index contributed by atoms with van der Waals surface area (Å²) in [7, 11) is 3.88. The van der Waals surface area contributed by atoms with Crippen LogP contribution in [-0.4, -0.2) is 38.4 Å². The maximum absolute atomic E-state index is 12.6. The Bertz CT molecular complexity index is 1220. The quantitative estimate of drug-likeness (QED) is 0.499. The van der Waals surface area contributed by atoms with Gasteiger partial charge in [-0.1, -0.05) is 6.07 Å². The number of nitrogens with one attached hydrogen (secondary N) is 3. The number of amides is 3. The molecule has 4 rings (SSSR count). The van der Waals surface area contributed by atoms with Crippen molar-refractivity contribution in [1.29, 1.82) is 0 Å². The second-order valence-electron chi connectivity index (χ2n) is 8.18. The highest BCUT2D eigenvalue weighted by Gasteiger charge is 2.15. The molecular weight excluding hydrogens is 432 g/mol. The summed E-state index contributed by atoms with van der Waals surface area (Å²) in [6.45, 7) is -0.167. The first-order chi connectivity index (χ1) is 16.4. The van der Waals surface area contributed by atoms with Gasteiger partial charge in [-0.05, 0) is 72.6 Å². The number of fused-ring (bicyclic) bond motifs is 1. The van der Waals surface area contributed by atoms with E-state index in [0.29, 0.717) is 35.5 Å². The standard InChI is InChI=1S/C26H26N4O4/c1-30(2)21-9-6-17(7-10-21)26(33)28-20-5-3-4-19(15-20)27-25(32)16-34-22-11-12-23-18(14-22)8-13-24(31)29-23/h3-7,9-12,14-15H,8,13,16H2,1-2H3,(H,27,32)(H,28,33)(H,29,31). The van der Waals surface area contributed by atoms with Crippen molar-refractivity contribution in [2.75, 3.05) is 41.6 Å². The van der Waals surface area contributed by atoms with Crippen LogP contribution in [0, 0.1) is 0 Å². The van der Waals surface area contributed by atoms with E-state index in [1.807, 2.05) is 37.2 Å². The Balaban J connectivity index is 1.31. The Morgan fingerprint density at radius 3 is 2.41 bits per heavy atom. The van der Waals surface area contributed by atoms with E-state index in [0.717, 1.165) is 16.9 Å². The molecule has 3 amide bonds. The van der Waals surface area contributed by atoms with Gasteiger partial charge in [-0.2, -0.15) is 0 Å². The van der Waals surface area contributed by atoms with Gasteiger partial charge in [0.2, 0.25) is 5.91 Å². The summed E-state index contributed by atoms with van der Waals surface area (Å²) in [5, 5.41) is 8.44. The minimum Gasteiger partial charge on any atom is -0.484 e. The number of aryl methyl sites for hydroxylation is 1. The fraction of sp³-hybridized carbons (Fsp3) is 0.192. The largest absolute Gasteiger partial charge is 0.484 e. The highest BCUT2D eigenvalue weighted by atomic mass is 16.5. The number of carbonyl (C=O) groups is 3. The molecule has 0 bridgehead atoms. The molecule has 0 spiro atoms. The van der Waals surface area contributed by atoms with Gasteiger partial charge >= 0.3 is 0 Å². The van der Waals surface area contributed by atoms with Crippen molar-refractivity contribution in [3.05, 3.63) is 77.9 Å². The summed E-state index contributed by atoms with van der Waals surface area (Å²) >= 11 is 0. The van der Waals surface area contributed by atoms with Crippen LogP contribution < -0.4 is 25.6 Å². The molecule has 3 N–H and O–H groups in total. The topological polar surface area (TPSA) is 99.8 Å². The molecule has 0 aliphatic carbocycles. The third-order valence-electron chi connectivity index (χ3n) is 5.39. The Morgan fingerprint density at radius 2 is 1.68 bits per heavy atom. The second-order valence-corrected chi connectivity index (χ2v) is 8.18. The number of hydrogen-bond acceptors (Lipinski definition) is 5. The molecule has 1 aliphatic rings. The zero-order valence-corrected chi connectivity index (χ0v) is 19.1. The van der Waals surface area contributed by atoms with Crippen LogP contribution in [-0.2, 0) is 16.0 Å². The molecule has 174 valence electrons. The summed E-state index contributed by atoms with van der Waals surface area (Å²) in [5.41, 5.74) is 4.42. The predicted molar refractivity (Wildman–Crippen MR) is 133 cm³/mol. The van der Waals surface area contributed by atoms with Gasteiger partial charge in [0.1, 0.15) is 5.75 Å². The second kappa shape index (κ2) is 10.1. The third kappa shape index (κ3) is 5.72. The van der Waals surface area contributed by atoms with Crippen molar-refractivity contribution < 1.29 is 19.1 Å². The summed E-state index contributed by atoms with van der Waals surface area (Å²) in [6, 6.07) is 19.6. The van der Waals surface area contributed by atoms with Crippen LogP contribution in [0.3, 0.4) is 0 Å².